The van der Waals surface area contributed by atoms with Gasteiger partial charge in [0.2, 0.25) is 0 Å². The van der Waals surface area contributed by atoms with Gasteiger partial charge in [-0.25, -0.2) is 4.98 Å². The number of benzene rings is 1. The third-order valence-corrected chi connectivity index (χ3v) is 2.06. The van der Waals surface area contributed by atoms with Crippen LogP contribution in [-0.4, -0.2) is 31.3 Å². The Bertz CT molecular complexity index is 441. The molecule has 0 amide bonds. The molecule has 0 aliphatic heterocycles. The van der Waals surface area contributed by atoms with Crippen molar-refractivity contribution in [1.82, 2.24) is 4.98 Å². The Balaban J connectivity index is 1.84. The van der Waals surface area contributed by atoms with E-state index in [4.69, 9.17) is 19.6 Å². The second-order valence-corrected chi connectivity index (χ2v) is 3.23. The summed E-state index contributed by atoms with van der Waals surface area (Å²) in [6, 6.07) is 5.51. The standard InChI is InChI=1S/C11H14N2O3/c12-3-4-14-5-6-15-9-1-2-11-10(7-9)13-8-16-11/h1-2,7-8H,3-6,12H2. The fourth-order valence-corrected chi connectivity index (χ4v) is 1.33. The third-order valence-electron chi connectivity index (χ3n) is 2.06. The number of aromatic nitrogens is 1. The SMILES string of the molecule is NCCOCCOc1ccc2ocnc2c1. The monoisotopic (exact) mass is 222 g/mol. The van der Waals surface area contributed by atoms with E-state index in [-0.39, 0.29) is 0 Å². The van der Waals surface area contributed by atoms with Crippen molar-refractivity contribution in [3.63, 3.8) is 0 Å². The minimum absolute atomic E-state index is 0.503. The molecule has 1 aromatic heterocycles. The Kier molecular flexibility index (Phi) is 3.74. The van der Waals surface area contributed by atoms with Gasteiger partial charge in [0.05, 0.1) is 13.2 Å². The van der Waals surface area contributed by atoms with E-state index >= 15 is 0 Å². The van der Waals surface area contributed by atoms with E-state index in [1.807, 2.05) is 18.2 Å². The van der Waals surface area contributed by atoms with Crippen LogP contribution in [-0.2, 0) is 4.74 Å². The van der Waals surface area contributed by atoms with E-state index in [9.17, 15) is 0 Å². The summed E-state index contributed by atoms with van der Waals surface area (Å²) in [4.78, 5) is 4.04. The summed E-state index contributed by atoms with van der Waals surface area (Å²) in [6.45, 7) is 2.13. The summed E-state index contributed by atoms with van der Waals surface area (Å²) in [5, 5.41) is 0. The number of hydrogen-bond donors (Lipinski definition) is 1. The third kappa shape index (κ3) is 2.71. The van der Waals surface area contributed by atoms with E-state index in [0.29, 0.717) is 26.4 Å². The highest BCUT2D eigenvalue weighted by Gasteiger charge is 2.00. The van der Waals surface area contributed by atoms with Crippen LogP contribution in [0.3, 0.4) is 0 Å². The average molecular weight is 222 g/mol. The summed E-state index contributed by atoms with van der Waals surface area (Å²) in [5.74, 6) is 0.762. The lowest BCUT2D eigenvalue weighted by Gasteiger charge is -2.05. The van der Waals surface area contributed by atoms with Crippen LogP contribution in [0.25, 0.3) is 11.1 Å². The molecule has 0 bridgehead atoms. The number of ether oxygens (including phenoxy) is 2. The van der Waals surface area contributed by atoms with Crippen molar-refractivity contribution in [1.29, 1.82) is 0 Å². The molecule has 1 aromatic carbocycles. The molecule has 2 N–H and O–H groups in total. The van der Waals surface area contributed by atoms with Crippen molar-refractivity contribution in [3.05, 3.63) is 24.6 Å². The summed E-state index contributed by atoms with van der Waals surface area (Å²) in [6.07, 6.45) is 1.42. The van der Waals surface area contributed by atoms with Gasteiger partial charge < -0.3 is 19.6 Å². The predicted octanol–water partition coefficient (Wildman–Crippen LogP) is 1.18. The van der Waals surface area contributed by atoms with E-state index in [2.05, 4.69) is 4.98 Å². The Morgan fingerprint density at radius 3 is 3.06 bits per heavy atom. The van der Waals surface area contributed by atoms with E-state index in [1.54, 1.807) is 0 Å². The number of fused-ring (bicyclic) bond motifs is 1. The molecule has 2 rings (SSSR count). The first-order valence-electron chi connectivity index (χ1n) is 5.14. The molecule has 0 saturated heterocycles. The first kappa shape index (κ1) is 10.9. The van der Waals surface area contributed by atoms with Crippen LogP contribution in [0.15, 0.2) is 29.0 Å². The van der Waals surface area contributed by atoms with Crippen LogP contribution in [0.2, 0.25) is 0 Å². The molecule has 5 heteroatoms. The molecular weight excluding hydrogens is 208 g/mol. The van der Waals surface area contributed by atoms with Gasteiger partial charge >= 0.3 is 0 Å². The predicted molar refractivity (Wildman–Crippen MR) is 59.4 cm³/mol. The fourth-order valence-electron chi connectivity index (χ4n) is 1.33. The van der Waals surface area contributed by atoms with Gasteiger partial charge in [-0.2, -0.15) is 0 Å². The second kappa shape index (κ2) is 5.48. The van der Waals surface area contributed by atoms with Crippen LogP contribution in [0, 0.1) is 0 Å². The van der Waals surface area contributed by atoms with Crippen molar-refractivity contribution >= 4 is 11.1 Å². The number of oxazole rings is 1. The summed E-state index contributed by atoms with van der Waals surface area (Å²) in [7, 11) is 0. The lowest BCUT2D eigenvalue weighted by Crippen LogP contribution is -2.13. The Morgan fingerprint density at radius 1 is 1.25 bits per heavy atom. The Morgan fingerprint density at radius 2 is 2.19 bits per heavy atom. The number of nitrogens with two attached hydrogens (primary N) is 1. The zero-order valence-electron chi connectivity index (χ0n) is 8.89. The van der Waals surface area contributed by atoms with Crippen molar-refractivity contribution < 1.29 is 13.9 Å². The number of hydrogen-bond acceptors (Lipinski definition) is 5. The largest absolute Gasteiger partial charge is 0.491 e. The van der Waals surface area contributed by atoms with Gasteiger partial charge in [0.15, 0.2) is 12.0 Å². The van der Waals surface area contributed by atoms with E-state index in [0.717, 1.165) is 16.8 Å². The summed E-state index contributed by atoms with van der Waals surface area (Å²) in [5.41, 5.74) is 6.84. The maximum Gasteiger partial charge on any atom is 0.181 e. The van der Waals surface area contributed by atoms with E-state index < -0.39 is 0 Å². The van der Waals surface area contributed by atoms with Crippen LogP contribution in [0.4, 0.5) is 0 Å². The smallest absolute Gasteiger partial charge is 0.181 e. The average Bonchev–Trinajstić information content (AvgIpc) is 2.76. The summed E-state index contributed by atoms with van der Waals surface area (Å²) < 4.78 is 15.8. The van der Waals surface area contributed by atoms with Crippen molar-refractivity contribution in [2.75, 3.05) is 26.4 Å². The molecule has 2 aromatic rings. The normalized spacial score (nSPS) is 10.8. The highest BCUT2D eigenvalue weighted by molar-refractivity contribution is 5.73. The highest BCUT2D eigenvalue weighted by atomic mass is 16.5. The molecule has 0 aliphatic rings. The van der Waals surface area contributed by atoms with Gasteiger partial charge in [0.1, 0.15) is 17.9 Å². The topological polar surface area (TPSA) is 70.5 Å². The first-order valence-corrected chi connectivity index (χ1v) is 5.14. The van der Waals surface area contributed by atoms with Gasteiger partial charge in [-0.05, 0) is 12.1 Å². The first-order chi connectivity index (χ1) is 7.90. The number of nitrogens with zero attached hydrogens (tertiary/aromatic N) is 1. The van der Waals surface area contributed by atoms with Gasteiger partial charge in [-0.3, -0.25) is 0 Å². The van der Waals surface area contributed by atoms with Crippen LogP contribution in [0.5, 0.6) is 5.75 Å². The molecule has 0 radical (unpaired) electrons. The van der Waals surface area contributed by atoms with Crippen LogP contribution < -0.4 is 10.5 Å². The van der Waals surface area contributed by atoms with Gasteiger partial charge in [-0.1, -0.05) is 0 Å². The Labute approximate surface area is 93.2 Å². The molecule has 0 fully saturated rings. The molecule has 0 atom stereocenters. The minimum Gasteiger partial charge on any atom is -0.491 e. The van der Waals surface area contributed by atoms with Crippen molar-refractivity contribution in [3.8, 4) is 5.75 Å². The minimum atomic E-state index is 0.503. The lowest BCUT2D eigenvalue weighted by atomic mass is 10.3. The van der Waals surface area contributed by atoms with Gasteiger partial charge in [0, 0.05) is 12.6 Å². The molecule has 0 saturated carbocycles. The molecule has 1 heterocycles. The molecule has 0 aliphatic carbocycles. The second-order valence-electron chi connectivity index (χ2n) is 3.23. The lowest BCUT2D eigenvalue weighted by molar-refractivity contribution is 0.106. The fraction of sp³-hybridized carbons (Fsp3) is 0.364. The molecular formula is C11H14N2O3. The van der Waals surface area contributed by atoms with Crippen LogP contribution in [0.1, 0.15) is 0 Å². The highest BCUT2D eigenvalue weighted by Crippen LogP contribution is 2.19. The molecule has 5 nitrogen and oxygen atoms in total. The van der Waals surface area contributed by atoms with Gasteiger partial charge in [-0.15, -0.1) is 0 Å². The Hall–Kier alpha value is -1.59. The number of rotatable bonds is 6. The molecule has 16 heavy (non-hydrogen) atoms. The molecule has 86 valence electrons. The van der Waals surface area contributed by atoms with E-state index in [1.165, 1.54) is 6.39 Å². The van der Waals surface area contributed by atoms with Crippen LogP contribution >= 0.6 is 0 Å². The molecule has 0 spiro atoms. The maximum atomic E-state index is 5.48. The van der Waals surface area contributed by atoms with Crippen molar-refractivity contribution in [2.45, 2.75) is 0 Å². The van der Waals surface area contributed by atoms with Gasteiger partial charge in [0.25, 0.3) is 0 Å². The zero-order valence-corrected chi connectivity index (χ0v) is 8.89. The summed E-state index contributed by atoms with van der Waals surface area (Å²) >= 11 is 0. The molecule has 0 unspecified atom stereocenters. The zero-order chi connectivity index (χ0) is 11.2. The van der Waals surface area contributed by atoms with Crippen molar-refractivity contribution in [2.24, 2.45) is 5.73 Å². The maximum absolute atomic E-state index is 5.48. The quantitative estimate of drug-likeness (QED) is 0.743.